The number of hydrogen-bond donors (Lipinski definition) is 5. The molecule has 0 radical (unpaired) electrons. The number of fused-ring (bicyclic) bond motifs is 2. The van der Waals surface area contributed by atoms with Gasteiger partial charge in [-0.25, -0.2) is 9.59 Å². The van der Waals surface area contributed by atoms with Gasteiger partial charge < -0.3 is 30.0 Å². The van der Waals surface area contributed by atoms with E-state index in [4.69, 9.17) is 33.0 Å². The minimum Gasteiger partial charge on any atom is -0.507 e. The number of aromatic nitrogens is 2. The van der Waals surface area contributed by atoms with Crippen LogP contribution in [-0.4, -0.2) is 48.8 Å². The summed E-state index contributed by atoms with van der Waals surface area (Å²) >= 11 is 11.9. The third-order valence-corrected chi connectivity index (χ3v) is 7.69. The molecule has 0 atom stereocenters. The van der Waals surface area contributed by atoms with Crippen molar-refractivity contribution < 1.29 is 39.2 Å². The molecule has 12 heteroatoms. The van der Waals surface area contributed by atoms with E-state index in [1.807, 2.05) is 60.7 Å². The van der Waals surface area contributed by atoms with Crippen LogP contribution in [-0.2, 0) is 23.9 Å². The lowest BCUT2D eigenvalue weighted by Gasteiger charge is -2.18. The molecule has 0 aliphatic rings. The van der Waals surface area contributed by atoms with Gasteiger partial charge in [-0.3, -0.25) is 9.59 Å². The number of carboxylic acid groups (broad SMARTS) is 1. The number of aliphatic hydroxyl groups excluding tert-OH is 2. The number of hydrogen-bond acceptors (Lipinski definition) is 7. The normalized spacial score (nSPS) is 11.7. The number of ether oxygens (including phenoxy) is 1. The Balaban J connectivity index is 0.000000221. The number of ketones is 2. The number of aliphatic carboxylic acids is 1. The predicted molar refractivity (Wildman–Crippen MR) is 186 cm³/mol. The maximum Gasteiger partial charge on any atom is 0.380 e. The highest BCUT2D eigenvalue weighted by Gasteiger charge is 2.23. The minimum atomic E-state index is -1.63. The molecule has 6 rings (SSSR count). The molecule has 0 aliphatic heterocycles. The number of carboxylic acids is 1. The Morgan fingerprint density at radius 2 is 1.04 bits per heavy atom. The summed E-state index contributed by atoms with van der Waals surface area (Å²) in [5.41, 5.74) is 3.60. The van der Waals surface area contributed by atoms with E-state index in [9.17, 15) is 29.4 Å². The lowest BCUT2D eigenvalue weighted by Crippen LogP contribution is -2.19. The van der Waals surface area contributed by atoms with Crippen LogP contribution in [0.2, 0.25) is 10.0 Å². The first-order chi connectivity index (χ1) is 23.5. The molecular formula is C37H26Cl2N2O8. The first kappa shape index (κ1) is 34.2. The highest BCUT2D eigenvalue weighted by atomic mass is 35.5. The molecule has 6 aromatic rings. The number of halogens is 2. The Morgan fingerprint density at radius 1 is 0.612 bits per heavy atom. The molecule has 0 fully saturated rings. The lowest BCUT2D eigenvalue weighted by molar-refractivity contribution is -0.154. The van der Waals surface area contributed by atoms with E-state index in [-0.39, 0.29) is 5.76 Å². The number of esters is 1. The van der Waals surface area contributed by atoms with Gasteiger partial charge in [-0.05, 0) is 47.5 Å². The van der Waals surface area contributed by atoms with Gasteiger partial charge in [0.15, 0.2) is 6.10 Å². The monoisotopic (exact) mass is 696 g/mol. The van der Waals surface area contributed by atoms with Gasteiger partial charge in [0.1, 0.15) is 11.5 Å². The minimum absolute atomic E-state index is 0.321. The Labute approximate surface area is 288 Å². The number of nitrogens with one attached hydrogen (secondary N) is 2. The van der Waals surface area contributed by atoms with Crippen LogP contribution in [0.5, 0.6) is 0 Å². The summed E-state index contributed by atoms with van der Waals surface area (Å²) in [7, 11) is 0. The Hall–Kier alpha value is -6.10. The average molecular weight is 698 g/mol. The first-order valence-electron chi connectivity index (χ1n) is 14.5. The smallest absolute Gasteiger partial charge is 0.380 e. The molecule has 246 valence electrons. The number of aliphatic hydroxyl groups is 2. The van der Waals surface area contributed by atoms with Crippen LogP contribution in [0, 0.1) is 0 Å². The van der Waals surface area contributed by atoms with E-state index in [1.165, 1.54) is 6.20 Å². The Morgan fingerprint density at radius 3 is 1.47 bits per heavy atom. The molecule has 49 heavy (non-hydrogen) atoms. The van der Waals surface area contributed by atoms with E-state index < -0.39 is 35.4 Å². The molecule has 10 nitrogen and oxygen atoms in total. The van der Waals surface area contributed by atoms with Gasteiger partial charge >= 0.3 is 11.9 Å². The molecule has 0 unspecified atom stereocenters. The van der Waals surface area contributed by atoms with Crippen LogP contribution in [0.1, 0.15) is 28.4 Å². The van der Waals surface area contributed by atoms with Crippen LogP contribution in [0.25, 0.3) is 33.3 Å². The largest absolute Gasteiger partial charge is 0.507 e. The molecule has 5 N–H and O–H groups in total. The SMILES string of the molecule is O=C(C=C(O)c1c[nH]c2ccc(Cl)cc12)C(=O)OC(c1ccccc1)c1ccccc1.O=C(O)C(=O)C=C(O)c1c[nH]c2ccc(Cl)cc12. The summed E-state index contributed by atoms with van der Waals surface area (Å²) in [6, 6.07) is 28.4. The molecule has 0 amide bonds. The quantitative estimate of drug-likeness (QED) is 0.0438. The van der Waals surface area contributed by atoms with E-state index in [0.29, 0.717) is 38.0 Å². The maximum atomic E-state index is 12.6. The number of benzene rings is 4. The van der Waals surface area contributed by atoms with E-state index in [2.05, 4.69) is 9.97 Å². The number of rotatable bonds is 9. The van der Waals surface area contributed by atoms with Crippen molar-refractivity contribution >= 4 is 80.0 Å². The summed E-state index contributed by atoms with van der Waals surface area (Å²) in [5.74, 6) is -5.63. The first-order valence-corrected chi connectivity index (χ1v) is 15.2. The second-order valence-electron chi connectivity index (χ2n) is 10.5. The van der Waals surface area contributed by atoms with Gasteiger partial charge in [-0.1, -0.05) is 83.9 Å². The molecular weight excluding hydrogens is 671 g/mol. The molecule has 0 aliphatic carbocycles. The van der Waals surface area contributed by atoms with Crippen molar-refractivity contribution in [2.24, 2.45) is 0 Å². The summed E-state index contributed by atoms with van der Waals surface area (Å²) in [6.45, 7) is 0. The molecule has 0 saturated heterocycles. The highest BCUT2D eigenvalue weighted by molar-refractivity contribution is 6.40. The molecule has 2 heterocycles. The number of carbonyl (C=O) groups excluding carboxylic acids is 3. The third kappa shape index (κ3) is 8.25. The maximum absolute atomic E-state index is 12.6. The molecule has 0 saturated carbocycles. The van der Waals surface area contributed by atoms with E-state index in [1.54, 1.807) is 42.6 Å². The molecule has 0 spiro atoms. The van der Waals surface area contributed by atoms with Crippen LogP contribution in [0.4, 0.5) is 0 Å². The second kappa shape index (κ2) is 15.2. The van der Waals surface area contributed by atoms with Crippen LogP contribution in [0.15, 0.2) is 122 Å². The zero-order valence-electron chi connectivity index (χ0n) is 25.3. The third-order valence-electron chi connectivity index (χ3n) is 7.22. The standard InChI is InChI=1S/C25H18ClNO4.C12H8ClNO4/c26-18-11-12-21-19(13-18)20(15-27-21)22(28)14-23(29)25(30)31-24(16-7-3-1-4-8-16)17-9-5-2-6-10-17;13-6-1-2-9-7(3-6)8(5-14-9)10(15)4-11(16)12(17)18/h1-15,24,27-28H;1-5,14-15H,(H,17,18). The van der Waals surface area contributed by atoms with Gasteiger partial charge in [0.25, 0.3) is 11.6 Å². The van der Waals surface area contributed by atoms with Crippen molar-refractivity contribution in [1.29, 1.82) is 0 Å². The van der Waals surface area contributed by atoms with Crippen molar-refractivity contribution in [2.75, 3.05) is 0 Å². The Kier molecular flexibility index (Phi) is 10.6. The summed E-state index contributed by atoms with van der Waals surface area (Å²) < 4.78 is 5.54. The van der Waals surface area contributed by atoms with Crippen molar-refractivity contribution in [1.82, 2.24) is 9.97 Å². The fourth-order valence-corrected chi connectivity index (χ4v) is 5.23. The molecule has 2 aromatic heterocycles. The van der Waals surface area contributed by atoms with Gasteiger partial charge in [-0.2, -0.15) is 0 Å². The highest BCUT2D eigenvalue weighted by Crippen LogP contribution is 2.29. The summed E-state index contributed by atoms with van der Waals surface area (Å²) in [5, 5.41) is 30.8. The fourth-order valence-electron chi connectivity index (χ4n) is 4.88. The topological polar surface area (TPSA) is 170 Å². The van der Waals surface area contributed by atoms with Crippen molar-refractivity contribution in [3.05, 3.63) is 154 Å². The van der Waals surface area contributed by atoms with Crippen molar-refractivity contribution in [3.8, 4) is 0 Å². The summed E-state index contributed by atoms with van der Waals surface area (Å²) in [4.78, 5) is 52.3. The molecule has 4 aromatic carbocycles. The zero-order chi connectivity index (χ0) is 35.1. The van der Waals surface area contributed by atoms with Crippen LogP contribution >= 0.6 is 23.2 Å². The van der Waals surface area contributed by atoms with Crippen LogP contribution in [0.3, 0.4) is 0 Å². The number of aromatic amines is 2. The number of H-pyrrole nitrogens is 2. The van der Waals surface area contributed by atoms with Gasteiger partial charge in [0.05, 0.1) is 0 Å². The summed E-state index contributed by atoms with van der Waals surface area (Å²) in [6.07, 6.45) is 3.79. The van der Waals surface area contributed by atoms with Crippen molar-refractivity contribution in [2.45, 2.75) is 6.10 Å². The lowest BCUT2D eigenvalue weighted by atomic mass is 10.0. The fraction of sp³-hybridized carbons (Fsp3) is 0.0270. The van der Waals surface area contributed by atoms with Gasteiger partial charge in [-0.15, -0.1) is 0 Å². The molecule has 0 bridgehead atoms. The van der Waals surface area contributed by atoms with E-state index >= 15 is 0 Å². The van der Waals surface area contributed by atoms with Gasteiger partial charge in [0.2, 0.25) is 0 Å². The van der Waals surface area contributed by atoms with Crippen LogP contribution < -0.4 is 0 Å². The van der Waals surface area contributed by atoms with Gasteiger partial charge in [0, 0.05) is 67.5 Å². The van der Waals surface area contributed by atoms with Crippen molar-refractivity contribution in [3.63, 3.8) is 0 Å². The average Bonchev–Trinajstić information content (AvgIpc) is 3.72. The number of carbonyl (C=O) groups is 4. The Bertz CT molecular complexity index is 2200. The predicted octanol–water partition coefficient (Wildman–Crippen LogP) is 8.00. The van der Waals surface area contributed by atoms with E-state index in [0.717, 1.165) is 28.2 Å². The zero-order valence-corrected chi connectivity index (χ0v) is 26.8. The second-order valence-corrected chi connectivity index (χ2v) is 11.4.